The molecule has 0 amide bonds. The second-order valence-electron chi connectivity index (χ2n) is 4.71. The summed E-state index contributed by atoms with van der Waals surface area (Å²) < 4.78 is 32.3. The van der Waals surface area contributed by atoms with Crippen molar-refractivity contribution >= 4 is 21.4 Å². The maximum Gasteiger partial charge on any atom is 0.250 e. The van der Waals surface area contributed by atoms with Crippen molar-refractivity contribution in [3.8, 4) is 0 Å². The number of sulfonamides is 1. The molecule has 6 nitrogen and oxygen atoms in total. The maximum absolute atomic E-state index is 12.3. The van der Waals surface area contributed by atoms with Crippen LogP contribution in [0.2, 0.25) is 0 Å². The first kappa shape index (κ1) is 16.2. The van der Waals surface area contributed by atoms with Gasteiger partial charge in [0, 0.05) is 17.5 Å². The average Bonchev–Trinajstić information content (AvgIpc) is 3.01. The molecule has 2 heterocycles. The van der Waals surface area contributed by atoms with Gasteiger partial charge in [-0.25, -0.2) is 13.1 Å². The van der Waals surface area contributed by atoms with E-state index in [1.807, 2.05) is 13.8 Å². The SMILES string of the molecule is CCNCc1sc(S(=O)(=O)NCc2cc(C)on2)cc1C. The number of nitrogens with one attached hydrogen (secondary N) is 2. The molecule has 0 aliphatic heterocycles. The van der Waals surface area contributed by atoms with Gasteiger partial charge in [0.05, 0.1) is 12.2 Å². The first-order valence-corrected chi connectivity index (χ1v) is 8.94. The maximum atomic E-state index is 12.3. The zero-order valence-electron chi connectivity index (χ0n) is 12.3. The molecule has 0 aliphatic rings. The fraction of sp³-hybridized carbons (Fsp3) is 0.462. The van der Waals surface area contributed by atoms with E-state index in [0.29, 0.717) is 22.2 Å². The summed E-state index contributed by atoms with van der Waals surface area (Å²) in [5.74, 6) is 0.657. The van der Waals surface area contributed by atoms with Crippen LogP contribution in [0.15, 0.2) is 20.9 Å². The predicted octanol–water partition coefficient (Wildman–Crippen LogP) is 1.94. The smallest absolute Gasteiger partial charge is 0.250 e. The molecule has 21 heavy (non-hydrogen) atoms. The Balaban J connectivity index is 2.08. The van der Waals surface area contributed by atoms with Crippen LogP contribution in [0.1, 0.15) is 28.8 Å². The van der Waals surface area contributed by atoms with Crippen molar-refractivity contribution in [1.29, 1.82) is 0 Å². The fourth-order valence-electron chi connectivity index (χ4n) is 1.78. The van der Waals surface area contributed by atoms with Gasteiger partial charge in [0.15, 0.2) is 0 Å². The summed E-state index contributed by atoms with van der Waals surface area (Å²) in [6, 6.07) is 3.41. The molecule has 0 fully saturated rings. The lowest BCUT2D eigenvalue weighted by molar-refractivity contribution is 0.390. The summed E-state index contributed by atoms with van der Waals surface area (Å²) in [4.78, 5) is 1.04. The molecule has 0 aliphatic carbocycles. The van der Waals surface area contributed by atoms with E-state index in [2.05, 4.69) is 15.2 Å². The highest BCUT2D eigenvalue weighted by atomic mass is 32.2. The fourth-order valence-corrected chi connectivity index (χ4v) is 4.38. The summed E-state index contributed by atoms with van der Waals surface area (Å²) in [6.07, 6.45) is 0. The Morgan fingerprint density at radius 3 is 2.67 bits per heavy atom. The quantitative estimate of drug-likeness (QED) is 0.811. The molecule has 2 aromatic rings. The Bertz CT molecular complexity index is 704. The molecule has 116 valence electrons. The van der Waals surface area contributed by atoms with Gasteiger partial charge in [0.25, 0.3) is 0 Å². The topological polar surface area (TPSA) is 84.2 Å². The van der Waals surface area contributed by atoms with Crippen molar-refractivity contribution in [3.05, 3.63) is 34.0 Å². The second kappa shape index (κ2) is 6.69. The summed E-state index contributed by atoms with van der Waals surface area (Å²) in [6.45, 7) is 7.36. The lowest BCUT2D eigenvalue weighted by Crippen LogP contribution is -2.22. The Labute approximate surface area is 128 Å². The van der Waals surface area contributed by atoms with Gasteiger partial charge in [-0.1, -0.05) is 12.1 Å². The molecule has 2 N–H and O–H groups in total. The van der Waals surface area contributed by atoms with Crippen molar-refractivity contribution in [2.24, 2.45) is 0 Å². The third-order valence-corrected chi connectivity index (χ3v) is 6.03. The first-order chi connectivity index (χ1) is 9.92. The van der Waals surface area contributed by atoms with Crippen LogP contribution in [0, 0.1) is 13.8 Å². The van der Waals surface area contributed by atoms with E-state index >= 15 is 0 Å². The number of aryl methyl sites for hydroxylation is 2. The monoisotopic (exact) mass is 329 g/mol. The lowest BCUT2D eigenvalue weighted by atomic mass is 10.3. The van der Waals surface area contributed by atoms with E-state index in [9.17, 15) is 8.42 Å². The van der Waals surface area contributed by atoms with E-state index in [0.717, 1.165) is 17.0 Å². The Morgan fingerprint density at radius 2 is 2.05 bits per heavy atom. The van der Waals surface area contributed by atoms with Gasteiger partial charge < -0.3 is 9.84 Å². The van der Waals surface area contributed by atoms with Crippen LogP contribution in [0.4, 0.5) is 0 Å². The van der Waals surface area contributed by atoms with Gasteiger partial charge in [-0.15, -0.1) is 11.3 Å². The highest BCUT2D eigenvalue weighted by Crippen LogP contribution is 2.26. The van der Waals surface area contributed by atoms with Crippen LogP contribution in [0.5, 0.6) is 0 Å². The Kier molecular flexibility index (Phi) is 5.15. The van der Waals surface area contributed by atoms with Crippen LogP contribution >= 0.6 is 11.3 Å². The molecule has 8 heteroatoms. The van der Waals surface area contributed by atoms with E-state index in [1.165, 1.54) is 11.3 Å². The number of hydrogen-bond donors (Lipinski definition) is 2. The summed E-state index contributed by atoms with van der Waals surface area (Å²) in [7, 11) is -3.52. The zero-order chi connectivity index (χ0) is 15.5. The van der Waals surface area contributed by atoms with Crippen LogP contribution in [0.25, 0.3) is 0 Å². The molecule has 0 atom stereocenters. The molecular weight excluding hydrogens is 310 g/mol. The minimum Gasteiger partial charge on any atom is -0.361 e. The van der Waals surface area contributed by atoms with Crippen LogP contribution in [0.3, 0.4) is 0 Å². The number of rotatable bonds is 7. The molecule has 2 rings (SSSR count). The second-order valence-corrected chi connectivity index (χ2v) is 7.84. The van der Waals surface area contributed by atoms with Gasteiger partial charge in [-0.05, 0) is 32.0 Å². The standard InChI is InChI=1S/C13H19N3O3S2/c1-4-14-8-12-9(2)5-13(20-12)21(17,18)15-7-11-6-10(3)19-16-11/h5-6,14-15H,4,7-8H2,1-3H3. The van der Waals surface area contributed by atoms with E-state index in [1.54, 1.807) is 19.1 Å². The minimum atomic E-state index is -3.52. The number of hydrogen-bond acceptors (Lipinski definition) is 6. The first-order valence-electron chi connectivity index (χ1n) is 6.64. The Morgan fingerprint density at radius 1 is 1.29 bits per heavy atom. The van der Waals surface area contributed by atoms with Gasteiger partial charge in [-0.3, -0.25) is 0 Å². The third kappa shape index (κ3) is 4.13. The molecule has 0 radical (unpaired) electrons. The number of aromatic nitrogens is 1. The molecule has 0 bridgehead atoms. The van der Waals surface area contributed by atoms with E-state index in [-0.39, 0.29) is 6.54 Å². The van der Waals surface area contributed by atoms with E-state index < -0.39 is 10.0 Å². The van der Waals surface area contributed by atoms with E-state index in [4.69, 9.17) is 4.52 Å². The molecular formula is C13H19N3O3S2. The van der Waals surface area contributed by atoms with Crippen molar-refractivity contribution < 1.29 is 12.9 Å². The molecule has 0 aromatic carbocycles. The van der Waals surface area contributed by atoms with Crippen molar-refractivity contribution in [2.45, 2.75) is 38.1 Å². The van der Waals surface area contributed by atoms with Gasteiger partial charge >= 0.3 is 0 Å². The molecule has 0 saturated carbocycles. The molecule has 0 unspecified atom stereocenters. The van der Waals surface area contributed by atoms with Crippen molar-refractivity contribution in [3.63, 3.8) is 0 Å². The summed E-state index contributed by atoms with van der Waals surface area (Å²) >= 11 is 1.29. The lowest BCUT2D eigenvalue weighted by Gasteiger charge is -2.02. The minimum absolute atomic E-state index is 0.124. The zero-order valence-corrected chi connectivity index (χ0v) is 13.9. The predicted molar refractivity (Wildman–Crippen MR) is 81.7 cm³/mol. The normalized spacial score (nSPS) is 12.0. The molecule has 2 aromatic heterocycles. The molecule has 0 spiro atoms. The van der Waals surface area contributed by atoms with Gasteiger partial charge in [-0.2, -0.15) is 0 Å². The van der Waals surface area contributed by atoms with Crippen LogP contribution in [-0.2, 0) is 23.1 Å². The number of nitrogens with zero attached hydrogens (tertiary/aromatic N) is 1. The van der Waals surface area contributed by atoms with Crippen LogP contribution < -0.4 is 10.0 Å². The van der Waals surface area contributed by atoms with Crippen LogP contribution in [-0.4, -0.2) is 20.1 Å². The summed E-state index contributed by atoms with van der Waals surface area (Å²) in [5, 5.41) is 6.97. The van der Waals surface area contributed by atoms with Crippen molar-refractivity contribution in [2.75, 3.05) is 6.54 Å². The average molecular weight is 329 g/mol. The van der Waals surface area contributed by atoms with Gasteiger partial charge in [0.1, 0.15) is 9.97 Å². The largest absolute Gasteiger partial charge is 0.361 e. The highest BCUT2D eigenvalue weighted by molar-refractivity contribution is 7.91. The molecule has 0 saturated heterocycles. The van der Waals surface area contributed by atoms with Crippen molar-refractivity contribution in [1.82, 2.24) is 15.2 Å². The van der Waals surface area contributed by atoms with Gasteiger partial charge in [0.2, 0.25) is 10.0 Å². The Hall–Kier alpha value is -1.22. The number of thiophene rings is 1. The summed E-state index contributed by atoms with van der Waals surface area (Å²) in [5.41, 5.74) is 1.55. The third-order valence-electron chi connectivity index (χ3n) is 2.92. The highest BCUT2D eigenvalue weighted by Gasteiger charge is 2.19.